The summed E-state index contributed by atoms with van der Waals surface area (Å²) < 4.78 is 0. The standard InChI is InChI=1S/C17H16N4O2/c1-10(22)2-5-14-8-11-9-15(21-16(11)19-14)17(23)20-13-6-3-12(18)4-7-13/h2-9,19,21H,18H2,1H3,(H,20,23)/b5-2+. The average molecular weight is 308 g/mol. The van der Waals surface area contributed by atoms with Crippen LogP contribution < -0.4 is 11.1 Å². The predicted octanol–water partition coefficient (Wildman–Crippen LogP) is 2.93. The quantitative estimate of drug-likeness (QED) is 0.440. The zero-order chi connectivity index (χ0) is 16.4. The van der Waals surface area contributed by atoms with Crippen molar-refractivity contribution in [3.8, 4) is 0 Å². The molecule has 3 aromatic rings. The lowest BCUT2D eigenvalue weighted by atomic mass is 10.2. The topological polar surface area (TPSA) is 104 Å². The fourth-order valence-electron chi connectivity index (χ4n) is 2.22. The van der Waals surface area contributed by atoms with Gasteiger partial charge >= 0.3 is 0 Å². The minimum atomic E-state index is -0.236. The lowest BCUT2D eigenvalue weighted by Crippen LogP contribution is -2.12. The smallest absolute Gasteiger partial charge is 0.272 e. The van der Waals surface area contributed by atoms with Crippen LogP contribution >= 0.6 is 0 Å². The molecular weight excluding hydrogens is 292 g/mol. The largest absolute Gasteiger partial charge is 0.399 e. The molecule has 0 spiro atoms. The Bertz CT molecular complexity index is 869. The van der Waals surface area contributed by atoms with Crippen molar-refractivity contribution in [2.75, 3.05) is 11.1 Å². The SMILES string of the molecule is CC(=O)/C=C/c1cc2cc(C(=O)Nc3ccc(N)cc3)[nH]c2[nH]1. The summed E-state index contributed by atoms with van der Waals surface area (Å²) in [5, 5.41) is 3.66. The van der Waals surface area contributed by atoms with Gasteiger partial charge in [-0.25, -0.2) is 0 Å². The number of rotatable bonds is 4. The molecule has 0 bridgehead atoms. The molecule has 116 valence electrons. The molecule has 0 saturated carbocycles. The lowest BCUT2D eigenvalue weighted by molar-refractivity contribution is -0.112. The zero-order valence-electron chi connectivity index (χ0n) is 12.5. The first-order chi connectivity index (χ1) is 11.0. The van der Waals surface area contributed by atoms with E-state index < -0.39 is 0 Å². The van der Waals surface area contributed by atoms with E-state index in [9.17, 15) is 9.59 Å². The third-order valence-electron chi connectivity index (χ3n) is 3.34. The average Bonchev–Trinajstić information content (AvgIpc) is 3.05. The fourth-order valence-corrected chi connectivity index (χ4v) is 2.22. The summed E-state index contributed by atoms with van der Waals surface area (Å²) in [6.45, 7) is 1.49. The Morgan fingerprint density at radius 2 is 1.87 bits per heavy atom. The van der Waals surface area contributed by atoms with Crippen LogP contribution in [0.3, 0.4) is 0 Å². The summed E-state index contributed by atoms with van der Waals surface area (Å²) in [4.78, 5) is 29.3. The number of ketones is 1. The molecule has 23 heavy (non-hydrogen) atoms. The van der Waals surface area contributed by atoms with Crippen LogP contribution in [-0.4, -0.2) is 21.7 Å². The summed E-state index contributed by atoms with van der Waals surface area (Å²) in [7, 11) is 0. The Hall–Kier alpha value is -3.28. The van der Waals surface area contributed by atoms with Crippen LogP contribution in [-0.2, 0) is 4.79 Å². The summed E-state index contributed by atoms with van der Waals surface area (Å²) in [6.07, 6.45) is 3.18. The number of nitrogens with two attached hydrogens (primary N) is 1. The molecule has 1 aromatic carbocycles. The Morgan fingerprint density at radius 3 is 2.52 bits per heavy atom. The number of hydrogen-bond donors (Lipinski definition) is 4. The highest BCUT2D eigenvalue weighted by atomic mass is 16.2. The Kier molecular flexibility index (Phi) is 3.72. The van der Waals surface area contributed by atoms with Crippen molar-refractivity contribution in [2.45, 2.75) is 6.92 Å². The van der Waals surface area contributed by atoms with Gasteiger partial charge in [-0.3, -0.25) is 9.59 Å². The molecule has 0 aliphatic heterocycles. The fraction of sp³-hybridized carbons (Fsp3) is 0.0588. The molecule has 0 aliphatic carbocycles. The molecule has 0 fully saturated rings. The van der Waals surface area contributed by atoms with Gasteiger partial charge in [0.25, 0.3) is 5.91 Å². The van der Waals surface area contributed by atoms with Gasteiger partial charge in [-0.1, -0.05) is 0 Å². The minimum Gasteiger partial charge on any atom is -0.399 e. The number of H-pyrrole nitrogens is 2. The summed E-state index contributed by atoms with van der Waals surface area (Å²) in [5.74, 6) is -0.257. The van der Waals surface area contributed by atoms with Gasteiger partial charge in [0.05, 0.1) is 0 Å². The third-order valence-corrected chi connectivity index (χ3v) is 3.34. The van der Waals surface area contributed by atoms with E-state index in [-0.39, 0.29) is 11.7 Å². The number of nitrogens with one attached hydrogen (secondary N) is 3. The maximum absolute atomic E-state index is 12.2. The Balaban J connectivity index is 1.77. The van der Waals surface area contributed by atoms with Gasteiger partial charge in [0.2, 0.25) is 0 Å². The molecule has 6 nitrogen and oxygen atoms in total. The van der Waals surface area contributed by atoms with E-state index in [0.29, 0.717) is 17.1 Å². The molecule has 0 atom stereocenters. The number of nitrogen functional groups attached to an aromatic ring is 1. The van der Waals surface area contributed by atoms with E-state index in [1.807, 2.05) is 6.07 Å². The van der Waals surface area contributed by atoms with Gasteiger partial charge in [0.1, 0.15) is 11.3 Å². The molecular formula is C17H16N4O2. The second-order valence-corrected chi connectivity index (χ2v) is 5.26. The molecule has 6 heteroatoms. The summed E-state index contributed by atoms with van der Waals surface area (Å²) in [5.41, 5.74) is 8.91. The van der Waals surface area contributed by atoms with E-state index in [1.54, 1.807) is 36.4 Å². The van der Waals surface area contributed by atoms with E-state index in [2.05, 4.69) is 15.3 Å². The van der Waals surface area contributed by atoms with Gasteiger partial charge in [0.15, 0.2) is 5.78 Å². The van der Waals surface area contributed by atoms with Gasteiger partial charge in [-0.15, -0.1) is 0 Å². The predicted molar refractivity (Wildman–Crippen MR) is 91.2 cm³/mol. The molecule has 0 saturated heterocycles. The second-order valence-electron chi connectivity index (χ2n) is 5.26. The number of allylic oxidation sites excluding steroid dienone is 1. The molecule has 5 N–H and O–H groups in total. The van der Waals surface area contributed by atoms with E-state index in [0.717, 1.165) is 16.7 Å². The number of anilines is 2. The number of hydrogen-bond acceptors (Lipinski definition) is 3. The highest BCUT2D eigenvalue weighted by Gasteiger charge is 2.11. The molecule has 0 aliphatic rings. The van der Waals surface area contributed by atoms with E-state index >= 15 is 0 Å². The first kappa shape index (κ1) is 14.6. The number of aromatic nitrogens is 2. The number of aromatic amines is 2. The summed E-state index contributed by atoms with van der Waals surface area (Å²) >= 11 is 0. The van der Waals surface area contributed by atoms with Gasteiger partial charge in [0, 0.05) is 22.5 Å². The number of fused-ring (bicyclic) bond motifs is 1. The first-order valence-corrected chi connectivity index (χ1v) is 7.08. The molecule has 2 aromatic heterocycles. The normalized spacial score (nSPS) is 11.2. The van der Waals surface area contributed by atoms with Crippen LogP contribution in [0.1, 0.15) is 23.1 Å². The van der Waals surface area contributed by atoms with Crippen molar-refractivity contribution in [1.82, 2.24) is 9.97 Å². The monoisotopic (exact) mass is 308 g/mol. The maximum Gasteiger partial charge on any atom is 0.272 e. The van der Waals surface area contributed by atoms with Crippen molar-refractivity contribution in [1.29, 1.82) is 0 Å². The van der Waals surface area contributed by atoms with Crippen LogP contribution in [0.25, 0.3) is 17.1 Å². The van der Waals surface area contributed by atoms with Crippen LogP contribution in [0.5, 0.6) is 0 Å². The maximum atomic E-state index is 12.2. The molecule has 0 unspecified atom stereocenters. The number of amides is 1. The van der Waals surface area contributed by atoms with Crippen molar-refractivity contribution in [3.63, 3.8) is 0 Å². The number of carbonyl (C=O) groups excluding carboxylic acids is 2. The van der Waals surface area contributed by atoms with E-state index in [1.165, 1.54) is 13.0 Å². The first-order valence-electron chi connectivity index (χ1n) is 7.08. The number of carbonyl (C=O) groups is 2. The summed E-state index contributed by atoms with van der Waals surface area (Å²) in [6, 6.07) is 10.6. The molecule has 0 radical (unpaired) electrons. The highest BCUT2D eigenvalue weighted by molar-refractivity contribution is 6.06. The van der Waals surface area contributed by atoms with Crippen molar-refractivity contribution in [3.05, 3.63) is 53.9 Å². The van der Waals surface area contributed by atoms with E-state index in [4.69, 9.17) is 5.73 Å². The Labute approximate surface area is 132 Å². The van der Waals surface area contributed by atoms with Crippen molar-refractivity contribution in [2.24, 2.45) is 0 Å². The van der Waals surface area contributed by atoms with Crippen LogP contribution in [0.15, 0.2) is 42.5 Å². The van der Waals surface area contributed by atoms with Crippen LogP contribution in [0.4, 0.5) is 11.4 Å². The van der Waals surface area contributed by atoms with Gasteiger partial charge < -0.3 is 21.0 Å². The van der Waals surface area contributed by atoms with Crippen molar-refractivity contribution < 1.29 is 9.59 Å². The minimum absolute atomic E-state index is 0.0215. The van der Waals surface area contributed by atoms with Gasteiger partial charge in [-0.2, -0.15) is 0 Å². The Morgan fingerprint density at radius 1 is 1.13 bits per heavy atom. The lowest BCUT2D eigenvalue weighted by Gasteiger charge is -2.03. The molecule has 2 heterocycles. The highest BCUT2D eigenvalue weighted by Crippen LogP contribution is 2.19. The van der Waals surface area contributed by atoms with Gasteiger partial charge in [-0.05, 0) is 55.5 Å². The van der Waals surface area contributed by atoms with Crippen molar-refractivity contribution >= 4 is 40.2 Å². The third kappa shape index (κ3) is 3.32. The molecule has 1 amide bonds. The second kappa shape index (κ2) is 5.84. The zero-order valence-corrected chi connectivity index (χ0v) is 12.5. The molecule has 3 rings (SSSR count). The van der Waals surface area contributed by atoms with Crippen LogP contribution in [0.2, 0.25) is 0 Å². The number of benzene rings is 1. The van der Waals surface area contributed by atoms with Crippen LogP contribution in [0, 0.1) is 0 Å².